The minimum absolute atomic E-state index is 0.109. The van der Waals surface area contributed by atoms with Crippen LogP contribution in [0.1, 0.15) is 37.4 Å². The van der Waals surface area contributed by atoms with Crippen LogP contribution in [0.25, 0.3) is 11.1 Å². The summed E-state index contributed by atoms with van der Waals surface area (Å²) in [5.74, 6) is 0.819. The van der Waals surface area contributed by atoms with Crippen molar-refractivity contribution < 1.29 is 9.53 Å². The van der Waals surface area contributed by atoms with E-state index in [2.05, 4.69) is 44.4 Å². The van der Waals surface area contributed by atoms with Gasteiger partial charge in [0.25, 0.3) is 5.91 Å². The predicted octanol–water partition coefficient (Wildman–Crippen LogP) is 3.30. The van der Waals surface area contributed by atoms with Gasteiger partial charge in [-0.25, -0.2) is 4.99 Å². The Hall–Kier alpha value is -2.38. The number of nitrogens with zero attached hydrogens (tertiary/aromatic N) is 2. The fourth-order valence-corrected chi connectivity index (χ4v) is 4.94. The highest BCUT2D eigenvalue weighted by Gasteiger charge is 2.55. The Morgan fingerprint density at radius 3 is 2.66 bits per heavy atom. The number of guanidine groups is 1. The summed E-state index contributed by atoms with van der Waals surface area (Å²) in [4.78, 5) is 19.4. The number of carbonyl (C=O) groups excluding carboxylic acids is 1. The normalized spacial score (nSPS) is 26.9. The zero-order chi connectivity index (χ0) is 20.6. The molecule has 1 saturated heterocycles. The van der Waals surface area contributed by atoms with Crippen LogP contribution in [0.15, 0.2) is 45.9 Å². The lowest BCUT2D eigenvalue weighted by Gasteiger charge is -2.41. The maximum Gasteiger partial charge on any atom is 0.261 e. The van der Waals surface area contributed by atoms with Crippen molar-refractivity contribution in [3.05, 3.63) is 52.0 Å². The largest absolute Gasteiger partial charge is 0.487 e. The van der Waals surface area contributed by atoms with Crippen molar-refractivity contribution in [2.24, 2.45) is 10.7 Å². The van der Waals surface area contributed by atoms with E-state index in [0.717, 1.165) is 27.7 Å². The summed E-state index contributed by atoms with van der Waals surface area (Å²) in [6, 6.07) is 12.8. The van der Waals surface area contributed by atoms with E-state index in [1.54, 1.807) is 7.05 Å². The number of rotatable bonds is 2. The molecule has 0 bridgehead atoms. The van der Waals surface area contributed by atoms with Crippen LogP contribution in [0.2, 0.25) is 0 Å². The molecule has 3 heterocycles. The van der Waals surface area contributed by atoms with Gasteiger partial charge in [-0.3, -0.25) is 9.69 Å². The molecule has 0 saturated carbocycles. The van der Waals surface area contributed by atoms with Crippen LogP contribution < -0.4 is 15.8 Å². The van der Waals surface area contributed by atoms with E-state index < -0.39 is 11.1 Å². The standard InChI is InChI=1S/C22H23BrN4O2/c1-21(2)11-22(19(28)27(3)20(24)26-22)16-9-12(4-5-18(16)29-21)13-6-14(17-10-25-17)8-15(23)7-13/h4-9,17,25H,10-11H2,1-3H3,(H2,24,26). The summed E-state index contributed by atoms with van der Waals surface area (Å²) in [6.07, 6.45) is 0.441. The third kappa shape index (κ3) is 2.95. The maximum atomic E-state index is 13.3. The molecule has 6 nitrogen and oxygen atoms in total. The second kappa shape index (κ2) is 6.06. The van der Waals surface area contributed by atoms with E-state index in [9.17, 15) is 4.79 Å². The monoisotopic (exact) mass is 454 g/mol. The van der Waals surface area contributed by atoms with Gasteiger partial charge in [0.15, 0.2) is 11.5 Å². The number of hydrogen-bond donors (Lipinski definition) is 2. The maximum absolute atomic E-state index is 13.3. The van der Waals surface area contributed by atoms with Crippen LogP contribution in [-0.4, -0.2) is 36.0 Å². The molecule has 2 aromatic rings. The number of carbonyl (C=O) groups is 1. The zero-order valence-electron chi connectivity index (χ0n) is 16.6. The van der Waals surface area contributed by atoms with Gasteiger partial charge < -0.3 is 15.8 Å². The second-order valence-electron chi connectivity index (χ2n) is 8.68. The first-order chi connectivity index (χ1) is 13.7. The molecule has 3 aliphatic rings. The van der Waals surface area contributed by atoms with Gasteiger partial charge in [-0.1, -0.05) is 22.0 Å². The molecule has 2 unspecified atom stereocenters. The number of nitrogens with two attached hydrogens (primary N) is 1. The number of fused-ring (bicyclic) bond motifs is 2. The lowest BCUT2D eigenvalue weighted by Crippen LogP contribution is -2.49. The van der Waals surface area contributed by atoms with Gasteiger partial charge >= 0.3 is 0 Å². The first-order valence-corrected chi connectivity index (χ1v) is 10.5. The van der Waals surface area contributed by atoms with E-state index in [1.165, 1.54) is 10.5 Å². The van der Waals surface area contributed by atoms with E-state index in [4.69, 9.17) is 10.5 Å². The summed E-state index contributed by atoms with van der Waals surface area (Å²) in [7, 11) is 1.67. The predicted molar refractivity (Wildman–Crippen MR) is 116 cm³/mol. The number of benzene rings is 2. The average molecular weight is 455 g/mol. The lowest BCUT2D eigenvalue weighted by molar-refractivity contribution is -0.133. The van der Waals surface area contributed by atoms with Crippen LogP contribution >= 0.6 is 15.9 Å². The van der Waals surface area contributed by atoms with Gasteiger partial charge in [0.2, 0.25) is 0 Å². The molecule has 0 aromatic heterocycles. The van der Waals surface area contributed by atoms with Gasteiger partial charge in [0, 0.05) is 36.1 Å². The Balaban J connectivity index is 1.68. The minimum Gasteiger partial charge on any atom is -0.487 e. The SMILES string of the molecule is CN1C(=O)C2(CC(C)(C)Oc3ccc(-c4cc(Br)cc(C5CN5)c4)cc32)N=C1N. The number of amides is 1. The topological polar surface area (TPSA) is 89.9 Å². The van der Waals surface area contributed by atoms with E-state index >= 15 is 0 Å². The van der Waals surface area contributed by atoms with Crippen LogP contribution in [0.4, 0.5) is 0 Å². The number of ether oxygens (including phenoxy) is 1. The lowest BCUT2D eigenvalue weighted by atomic mass is 9.77. The van der Waals surface area contributed by atoms with Crippen molar-refractivity contribution in [1.82, 2.24) is 10.2 Å². The first-order valence-electron chi connectivity index (χ1n) is 9.70. The smallest absolute Gasteiger partial charge is 0.261 e. The summed E-state index contributed by atoms with van der Waals surface area (Å²) in [5, 5.41) is 3.35. The molecule has 29 heavy (non-hydrogen) atoms. The molecular formula is C22H23BrN4O2. The molecule has 5 rings (SSSR count). The number of halogens is 1. The number of aliphatic imine (C=N–C) groups is 1. The van der Waals surface area contributed by atoms with Crippen LogP contribution in [0, 0.1) is 0 Å². The molecule has 1 amide bonds. The molecule has 0 radical (unpaired) electrons. The van der Waals surface area contributed by atoms with Crippen molar-refractivity contribution in [2.45, 2.75) is 37.5 Å². The molecule has 7 heteroatoms. The van der Waals surface area contributed by atoms with Gasteiger partial charge in [0.05, 0.1) is 0 Å². The van der Waals surface area contributed by atoms with Crippen molar-refractivity contribution in [3.63, 3.8) is 0 Å². The van der Waals surface area contributed by atoms with Crippen LogP contribution in [-0.2, 0) is 10.3 Å². The summed E-state index contributed by atoms with van der Waals surface area (Å²) in [5.41, 5.74) is 8.61. The summed E-state index contributed by atoms with van der Waals surface area (Å²) < 4.78 is 7.24. The van der Waals surface area contributed by atoms with Gasteiger partial charge in [0.1, 0.15) is 11.4 Å². The molecule has 0 aliphatic carbocycles. The fraction of sp³-hybridized carbons (Fsp3) is 0.364. The van der Waals surface area contributed by atoms with E-state index in [0.29, 0.717) is 18.2 Å². The summed E-state index contributed by atoms with van der Waals surface area (Å²) in [6.45, 7) is 4.96. The molecule has 1 fully saturated rings. The van der Waals surface area contributed by atoms with Crippen molar-refractivity contribution >= 4 is 27.8 Å². The number of nitrogens with one attached hydrogen (secondary N) is 1. The highest BCUT2D eigenvalue weighted by molar-refractivity contribution is 9.10. The molecule has 150 valence electrons. The van der Waals surface area contributed by atoms with Crippen molar-refractivity contribution in [2.75, 3.05) is 13.6 Å². The Labute approximate surface area is 178 Å². The van der Waals surface area contributed by atoms with Gasteiger partial charge in [-0.15, -0.1) is 0 Å². The Morgan fingerprint density at radius 1 is 1.24 bits per heavy atom. The highest BCUT2D eigenvalue weighted by Crippen LogP contribution is 2.50. The van der Waals surface area contributed by atoms with E-state index in [-0.39, 0.29) is 11.9 Å². The molecule has 2 aromatic carbocycles. The van der Waals surface area contributed by atoms with Gasteiger partial charge in [-0.05, 0) is 60.9 Å². The van der Waals surface area contributed by atoms with Gasteiger partial charge in [-0.2, -0.15) is 0 Å². The first kappa shape index (κ1) is 18.6. The molecule has 2 atom stereocenters. The van der Waals surface area contributed by atoms with Crippen molar-refractivity contribution in [1.29, 1.82) is 0 Å². The Bertz CT molecular complexity index is 1080. The minimum atomic E-state index is -1.04. The molecular weight excluding hydrogens is 432 g/mol. The quantitative estimate of drug-likeness (QED) is 0.681. The molecule has 3 aliphatic heterocycles. The highest BCUT2D eigenvalue weighted by atomic mass is 79.9. The Morgan fingerprint density at radius 2 is 2.00 bits per heavy atom. The fourth-order valence-electron chi connectivity index (χ4n) is 4.43. The van der Waals surface area contributed by atoms with E-state index in [1.807, 2.05) is 32.0 Å². The second-order valence-corrected chi connectivity index (χ2v) is 9.59. The van der Waals surface area contributed by atoms with Crippen LogP contribution in [0.5, 0.6) is 5.75 Å². The Kier molecular flexibility index (Phi) is 3.89. The zero-order valence-corrected chi connectivity index (χ0v) is 18.2. The molecule has 1 spiro atoms. The average Bonchev–Trinajstić information content (AvgIpc) is 3.47. The number of hydrogen-bond acceptors (Lipinski definition) is 5. The summed E-state index contributed by atoms with van der Waals surface area (Å²) >= 11 is 3.63. The molecule has 3 N–H and O–H groups in total. The number of likely N-dealkylation sites (N-methyl/N-ethyl adjacent to an activating group) is 1. The van der Waals surface area contributed by atoms with Crippen molar-refractivity contribution in [3.8, 4) is 16.9 Å². The van der Waals surface area contributed by atoms with Crippen LogP contribution in [0.3, 0.4) is 0 Å². The third-order valence-corrected chi connectivity index (χ3v) is 6.32. The third-order valence-electron chi connectivity index (χ3n) is 5.86.